The van der Waals surface area contributed by atoms with Gasteiger partial charge in [-0.05, 0) is 38.2 Å². The molecule has 1 aliphatic carbocycles. The van der Waals surface area contributed by atoms with E-state index in [4.69, 9.17) is 46.0 Å². The van der Waals surface area contributed by atoms with Gasteiger partial charge in [0.25, 0.3) is 11.2 Å². The second-order valence-electron chi connectivity index (χ2n) is 9.67. The number of halogens is 2. The monoisotopic (exact) mass is 739 g/mol. The summed E-state index contributed by atoms with van der Waals surface area (Å²) in [6.07, 6.45) is 0. The van der Waals surface area contributed by atoms with E-state index in [1.165, 1.54) is 18.2 Å². The summed E-state index contributed by atoms with van der Waals surface area (Å²) >= 11 is 8.80. The number of hydrogen-bond acceptors (Lipinski definition) is 15. The average Bonchev–Trinajstić information content (AvgIpc) is 2.94. The van der Waals surface area contributed by atoms with Crippen molar-refractivity contribution in [3.05, 3.63) is 39.7 Å². The summed E-state index contributed by atoms with van der Waals surface area (Å²) in [5.41, 5.74) is -1.11. The molecule has 5 rings (SSSR count). The average molecular weight is 741 g/mol. The lowest BCUT2D eigenvalue weighted by atomic mass is 10.1. The number of anilines is 2. The number of aromatic nitrogens is 1. The molecule has 0 saturated carbocycles. The summed E-state index contributed by atoms with van der Waals surface area (Å²) in [5, 5.41) is 5.16. The van der Waals surface area contributed by atoms with Crippen LogP contribution in [0.5, 0.6) is 11.5 Å². The van der Waals surface area contributed by atoms with Crippen LogP contribution in [0.2, 0.25) is 10.0 Å². The number of hydrogen-bond donors (Lipinski definition) is 7. The summed E-state index contributed by atoms with van der Waals surface area (Å²) in [6.45, 7) is 3.04. The summed E-state index contributed by atoms with van der Waals surface area (Å²) in [5.74, 6) is -1.75. The van der Waals surface area contributed by atoms with E-state index in [0.717, 1.165) is 13.0 Å². The molecule has 0 spiro atoms. The summed E-state index contributed by atoms with van der Waals surface area (Å²) < 4.78 is 114. The van der Waals surface area contributed by atoms with E-state index < -0.39 is 58.5 Å². The predicted molar refractivity (Wildman–Crippen MR) is 168 cm³/mol. The van der Waals surface area contributed by atoms with Crippen molar-refractivity contribution >= 4 is 88.6 Å². The van der Waals surface area contributed by atoms with Crippen LogP contribution in [0, 0.1) is 0 Å². The zero-order chi connectivity index (χ0) is 33.9. The fraction of sp³-hybridized carbons (Fsp3) is 0.208. The Morgan fingerprint density at radius 3 is 2.30 bits per heavy atom. The van der Waals surface area contributed by atoms with Crippen LogP contribution < -0.4 is 20.7 Å². The van der Waals surface area contributed by atoms with Crippen molar-refractivity contribution in [1.29, 1.82) is 0 Å². The van der Waals surface area contributed by atoms with Crippen LogP contribution in [0.3, 0.4) is 0 Å². The van der Waals surface area contributed by atoms with E-state index in [1.54, 1.807) is 7.05 Å². The summed E-state index contributed by atoms with van der Waals surface area (Å²) in [6, 6.07) is 4.91. The number of rotatable bonds is 7. The van der Waals surface area contributed by atoms with Gasteiger partial charge in [0.2, 0.25) is 5.90 Å². The van der Waals surface area contributed by atoms with Crippen molar-refractivity contribution in [2.45, 2.75) is 29.7 Å². The van der Waals surface area contributed by atoms with Gasteiger partial charge in [0.15, 0.2) is 32.6 Å². The second-order valence-corrected chi connectivity index (χ2v) is 14.2. The van der Waals surface area contributed by atoms with Gasteiger partial charge in [-0.3, -0.25) is 27.8 Å². The first-order chi connectivity index (χ1) is 21.3. The van der Waals surface area contributed by atoms with Crippen molar-refractivity contribution in [3.8, 4) is 23.0 Å². The van der Waals surface area contributed by atoms with E-state index in [-0.39, 0.29) is 67.7 Å². The SMILES string of the molecule is CNC(C)CN=c1ccc2nc3c(Cl)c4c(c(Cl)c3oc-2c1S(=O)(=O)O)Nc1ccc(N=C(C)OS(O)(O)O)c(S(=O)(=O)O)c1O4. The molecular weight excluding hydrogens is 717 g/mol. The van der Waals surface area contributed by atoms with Gasteiger partial charge in [-0.1, -0.05) is 23.2 Å². The Morgan fingerprint density at radius 2 is 1.70 bits per heavy atom. The highest BCUT2D eigenvalue weighted by Crippen LogP contribution is 2.55. The lowest BCUT2D eigenvalue weighted by Crippen LogP contribution is -2.26. The Balaban J connectivity index is 1.74. The lowest BCUT2D eigenvalue weighted by molar-refractivity contribution is 0.282. The van der Waals surface area contributed by atoms with Gasteiger partial charge in [-0.15, -0.1) is 0 Å². The molecule has 248 valence electrons. The molecule has 7 N–H and O–H groups in total. The Kier molecular flexibility index (Phi) is 8.94. The fourth-order valence-corrected chi connectivity index (χ4v) is 6.79. The highest BCUT2D eigenvalue weighted by molar-refractivity contribution is 8.15. The highest BCUT2D eigenvalue weighted by Gasteiger charge is 2.35. The van der Waals surface area contributed by atoms with E-state index in [2.05, 4.69) is 29.8 Å². The zero-order valence-corrected chi connectivity index (χ0v) is 27.5. The van der Waals surface area contributed by atoms with E-state index in [1.807, 2.05) is 6.92 Å². The number of ether oxygens (including phenoxy) is 1. The van der Waals surface area contributed by atoms with Crippen molar-refractivity contribution in [2.75, 3.05) is 18.9 Å². The smallest absolute Gasteiger partial charge is 0.300 e. The molecule has 0 saturated heterocycles. The summed E-state index contributed by atoms with van der Waals surface area (Å²) in [4.78, 5) is 10.9. The van der Waals surface area contributed by atoms with Crippen molar-refractivity contribution in [2.24, 2.45) is 9.98 Å². The van der Waals surface area contributed by atoms with Crippen molar-refractivity contribution in [1.82, 2.24) is 10.3 Å². The standard InChI is InChI=1S/C24H23Cl2N5O12S3/c1-9(27-3)8-28-13-6-4-11-19(23(13)44(32,33)34)41-21-15(25)18-22(16(26)17(21)30-11)42-20-12(31-18)5-7-14(24(20)45(35,36)37)29-10(2)43-46(38,39)40/h4-7,9,27,31,38-40H,8H2,1-3H3,(H,32,33,34)(H,35,36,37). The molecule has 22 heteroatoms. The first kappa shape index (κ1) is 34.1. The molecule has 0 amide bonds. The maximum absolute atomic E-state index is 12.5. The van der Waals surface area contributed by atoms with Crippen molar-refractivity contribution < 1.29 is 52.9 Å². The molecule has 3 aliphatic rings. The lowest BCUT2D eigenvalue weighted by Gasteiger charge is -2.26. The molecule has 46 heavy (non-hydrogen) atoms. The van der Waals surface area contributed by atoms with Gasteiger partial charge in [0, 0.05) is 13.0 Å². The molecule has 1 atom stereocenters. The Hall–Kier alpha value is -3.28. The van der Waals surface area contributed by atoms with Crippen LogP contribution >= 0.6 is 34.4 Å². The normalized spacial score (nSPS) is 15.3. The third-order valence-corrected chi connectivity index (χ3v) is 9.38. The van der Waals surface area contributed by atoms with Crippen LogP contribution in [0.4, 0.5) is 17.1 Å². The molecule has 2 aliphatic heterocycles. The van der Waals surface area contributed by atoms with E-state index >= 15 is 0 Å². The minimum Gasteiger partial charge on any atom is -0.450 e. The van der Waals surface area contributed by atoms with Crippen LogP contribution in [0.25, 0.3) is 22.6 Å². The molecule has 0 fully saturated rings. The molecule has 0 bridgehead atoms. The van der Waals surface area contributed by atoms with Crippen molar-refractivity contribution in [3.63, 3.8) is 0 Å². The third kappa shape index (κ3) is 6.59. The third-order valence-electron chi connectivity index (χ3n) is 6.38. The largest absolute Gasteiger partial charge is 0.450 e. The molecular formula is C24H23Cl2N5O12S3. The Bertz CT molecular complexity index is 2200. The fourth-order valence-electron chi connectivity index (χ4n) is 4.36. The van der Waals surface area contributed by atoms with E-state index in [0.29, 0.717) is 0 Å². The first-order valence-electron chi connectivity index (χ1n) is 12.6. The molecule has 2 aromatic carbocycles. The quantitative estimate of drug-likeness (QED) is 0.0483. The van der Waals surface area contributed by atoms with E-state index in [9.17, 15) is 25.9 Å². The molecule has 1 unspecified atom stereocenters. The maximum atomic E-state index is 12.5. The second kappa shape index (κ2) is 12.1. The number of likely N-dealkylation sites (N-methyl/N-ethyl adjacent to an activating group) is 1. The van der Waals surface area contributed by atoms with Crippen LogP contribution in [-0.2, 0) is 24.4 Å². The maximum Gasteiger partial charge on any atom is 0.300 e. The first-order valence-corrected chi connectivity index (χ1v) is 17.6. The van der Waals surface area contributed by atoms with Crippen LogP contribution in [-0.4, -0.2) is 70.1 Å². The van der Waals surface area contributed by atoms with Gasteiger partial charge in [-0.2, -0.15) is 16.8 Å². The highest BCUT2D eigenvalue weighted by atomic mass is 35.5. The van der Waals surface area contributed by atoms with Gasteiger partial charge >= 0.3 is 20.2 Å². The Morgan fingerprint density at radius 1 is 1.02 bits per heavy atom. The number of benzene rings is 3. The van der Waals surface area contributed by atoms with Gasteiger partial charge < -0.3 is 24.0 Å². The van der Waals surface area contributed by atoms with Crippen LogP contribution in [0.1, 0.15) is 13.8 Å². The zero-order valence-electron chi connectivity index (χ0n) is 23.5. The number of nitrogens with zero attached hydrogens (tertiary/aromatic N) is 3. The van der Waals surface area contributed by atoms with Gasteiger partial charge in [0.1, 0.15) is 26.9 Å². The van der Waals surface area contributed by atoms with Gasteiger partial charge in [0.05, 0.1) is 23.3 Å². The number of aliphatic imine (C=N–C) groups is 1. The minimum absolute atomic E-state index is 0.0695. The Labute approximate surface area is 272 Å². The van der Waals surface area contributed by atoms with Gasteiger partial charge in [-0.25, -0.2) is 9.98 Å². The number of fused-ring (bicyclic) bond motifs is 4. The predicted octanol–water partition coefficient (Wildman–Crippen LogP) is 5.30. The summed E-state index contributed by atoms with van der Waals surface area (Å²) in [7, 11) is -8.32. The number of nitrogens with one attached hydrogen (secondary N) is 2. The van der Waals surface area contributed by atoms with Crippen LogP contribution in [0.15, 0.2) is 48.5 Å². The molecule has 0 radical (unpaired) electrons. The topological polar surface area (TPSA) is 263 Å². The molecule has 2 heterocycles. The molecule has 2 aromatic rings. The molecule has 0 aromatic heterocycles. The molecule has 17 nitrogen and oxygen atoms in total. The minimum atomic E-state index is -5.11.